The molecule has 42 heavy (non-hydrogen) atoms. The van der Waals surface area contributed by atoms with Crippen molar-refractivity contribution >= 4 is 5.91 Å². The Balaban J connectivity index is 1.54. The molecule has 0 saturated heterocycles. The average molecular weight is 579 g/mol. The summed E-state index contributed by atoms with van der Waals surface area (Å²) in [7, 11) is 0. The average Bonchev–Trinajstić information content (AvgIpc) is 2.96. The number of aliphatic hydroxyl groups is 1. The molecule has 0 saturated carbocycles. The van der Waals surface area contributed by atoms with Gasteiger partial charge in [-0.05, 0) is 84.2 Å². The molecule has 0 spiro atoms. The Morgan fingerprint density at radius 1 is 0.952 bits per heavy atom. The molecule has 4 rings (SSSR count). The van der Waals surface area contributed by atoms with Crippen LogP contribution in [-0.4, -0.2) is 36.3 Å². The predicted octanol–water partition coefficient (Wildman–Crippen LogP) is 6.39. The van der Waals surface area contributed by atoms with E-state index in [9.17, 15) is 18.7 Å². The van der Waals surface area contributed by atoms with Crippen LogP contribution in [0.15, 0.2) is 60.7 Å². The van der Waals surface area contributed by atoms with Crippen LogP contribution in [-0.2, 0) is 36.1 Å². The lowest BCUT2D eigenvalue weighted by atomic mass is 9.79. The molecular weight excluding hydrogens is 534 g/mol. The first-order valence-electron chi connectivity index (χ1n) is 15.3. The SMILES string of the molecule is CCCC1(CCC)OCCc2ccc(C(=O)NC(Cc3cc(F)cc(F)c3)C(O)CNCc3cccc(CC)c3)cc21. The van der Waals surface area contributed by atoms with Crippen molar-refractivity contribution in [3.05, 3.63) is 106 Å². The van der Waals surface area contributed by atoms with Crippen molar-refractivity contribution < 1.29 is 23.4 Å². The molecule has 2 atom stereocenters. The van der Waals surface area contributed by atoms with Crippen LogP contribution in [0.1, 0.15) is 84.6 Å². The summed E-state index contributed by atoms with van der Waals surface area (Å²) in [6.07, 6.45) is 4.46. The van der Waals surface area contributed by atoms with Crippen molar-refractivity contribution in [3.63, 3.8) is 0 Å². The van der Waals surface area contributed by atoms with E-state index in [-0.39, 0.29) is 18.9 Å². The lowest BCUT2D eigenvalue weighted by Gasteiger charge is -2.39. The number of carbonyl (C=O) groups is 1. The van der Waals surface area contributed by atoms with Gasteiger partial charge in [-0.2, -0.15) is 0 Å². The maximum Gasteiger partial charge on any atom is 0.251 e. The lowest BCUT2D eigenvalue weighted by molar-refractivity contribution is -0.0736. The Labute approximate surface area is 248 Å². The summed E-state index contributed by atoms with van der Waals surface area (Å²) in [4.78, 5) is 13.6. The Morgan fingerprint density at radius 2 is 1.67 bits per heavy atom. The Morgan fingerprint density at radius 3 is 2.36 bits per heavy atom. The van der Waals surface area contributed by atoms with Gasteiger partial charge in [0.25, 0.3) is 5.91 Å². The third kappa shape index (κ3) is 8.03. The Kier molecular flexibility index (Phi) is 11.2. The molecule has 226 valence electrons. The largest absolute Gasteiger partial charge is 0.390 e. The van der Waals surface area contributed by atoms with E-state index < -0.39 is 29.4 Å². The minimum Gasteiger partial charge on any atom is -0.390 e. The summed E-state index contributed by atoms with van der Waals surface area (Å²) in [5, 5.41) is 17.5. The summed E-state index contributed by atoms with van der Waals surface area (Å²) in [5.74, 6) is -1.74. The number of carbonyl (C=O) groups excluding carboxylic acids is 1. The second-order valence-electron chi connectivity index (χ2n) is 11.4. The summed E-state index contributed by atoms with van der Waals surface area (Å²) in [6, 6.07) is 16.5. The van der Waals surface area contributed by atoms with E-state index in [1.807, 2.05) is 30.3 Å². The maximum atomic E-state index is 14.0. The smallest absolute Gasteiger partial charge is 0.251 e. The molecule has 0 bridgehead atoms. The van der Waals surface area contributed by atoms with Crippen LogP contribution in [0.3, 0.4) is 0 Å². The molecule has 1 heterocycles. The first-order valence-corrected chi connectivity index (χ1v) is 15.3. The quantitative estimate of drug-likeness (QED) is 0.207. The van der Waals surface area contributed by atoms with E-state index in [1.54, 1.807) is 0 Å². The molecule has 0 radical (unpaired) electrons. The van der Waals surface area contributed by atoms with Gasteiger partial charge in [-0.3, -0.25) is 4.79 Å². The zero-order chi connectivity index (χ0) is 30.1. The molecule has 7 heteroatoms. The number of hydrogen-bond acceptors (Lipinski definition) is 4. The van der Waals surface area contributed by atoms with Crippen LogP contribution in [0.25, 0.3) is 0 Å². The number of halogens is 2. The zero-order valence-electron chi connectivity index (χ0n) is 25.0. The van der Waals surface area contributed by atoms with Crippen LogP contribution in [0.2, 0.25) is 0 Å². The van der Waals surface area contributed by atoms with Gasteiger partial charge in [0, 0.05) is 24.7 Å². The predicted molar refractivity (Wildman–Crippen MR) is 162 cm³/mol. The Bertz CT molecular complexity index is 1320. The van der Waals surface area contributed by atoms with Crippen LogP contribution in [0.5, 0.6) is 0 Å². The summed E-state index contributed by atoms with van der Waals surface area (Å²) in [5.41, 5.74) is 5.00. The summed E-state index contributed by atoms with van der Waals surface area (Å²) >= 11 is 0. The topological polar surface area (TPSA) is 70.6 Å². The van der Waals surface area contributed by atoms with Crippen LogP contribution < -0.4 is 10.6 Å². The van der Waals surface area contributed by atoms with Gasteiger partial charge in [0.05, 0.1) is 24.4 Å². The molecule has 1 amide bonds. The zero-order valence-corrected chi connectivity index (χ0v) is 25.0. The third-order valence-electron chi connectivity index (χ3n) is 8.16. The Hall–Kier alpha value is -3.13. The van der Waals surface area contributed by atoms with Crippen LogP contribution >= 0.6 is 0 Å². The van der Waals surface area contributed by atoms with Gasteiger partial charge < -0.3 is 20.5 Å². The van der Waals surface area contributed by atoms with Crippen molar-refractivity contribution in [1.82, 2.24) is 10.6 Å². The monoisotopic (exact) mass is 578 g/mol. The van der Waals surface area contributed by atoms with Crippen molar-refractivity contribution in [3.8, 4) is 0 Å². The van der Waals surface area contributed by atoms with Gasteiger partial charge in [0.2, 0.25) is 0 Å². The van der Waals surface area contributed by atoms with Gasteiger partial charge in [-0.1, -0.05) is 63.9 Å². The number of benzene rings is 3. The summed E-state index contributed by atoms with van der Waals surface area (Å²) < 4.78 is 34.4. The van der Waals surface area contributed by atoms with Crippen molar-refractivity contribution in [1.29, 1.82) is 0 Å². The van der Waals surface area contributed by atoms with E-state index in [0.29, 0.717) is 24.3 Å². The molecule has 2 unspecified atom stereocenters. The third-order valence-corrected chi connectivity index (χ3v) is 8.16. The molecule has 3 N–H and O–H groups in total. The molecule has 3 aromatic carbocycles. The fraction of sp³-hybridized carbons (Fsp3) is 0.457. The van der Waals surface area contributed by atoms with Gasteiger partial charge in [-0.15, -0.1) is 0 Å². The first kappa shape index (κ1) is 31.8. The maximum absolute atomic E-state index is 14.0. The fourth-order valence-corrected chi connectivity index (χ4v) is 6.12. The van der Waals surface area contributed by atoms with Gasteiger partial charge in [0.15, 0.2) is 0 Å². The van der Waals surface area contributed by atoms with Crippen molar-refractivity contribution in [2.45, 2.75) is 90.0 Å². The van der Waals surface area contributed by atoms with Gasteiger partial charge >= 0.3 is 0 Å². The molecule has 0 fully saturated rings. The highest BCUT2D eigenvalue weighted by atomic mass is 19.1. The highest BCUT2D eigenvalue weighted by Crippen LogP contribution is 2.41. The molecular formula is C35H44F2N2O3. The van der Waals surface area contributed by atoms with E-state index >= 15 is 0 Å². The van der Waals surface area contributed by atoms with Crippen LogP contribution in [0, 0.1) is 11.6 Å². The highest BCUT2D eigenvalue weighted by molar-refractivity contribution is 5.94. The normalized spacial score (nSPS) is 15.6. The second-order valence-corrected chi connectivity index (χ2v) is 11.4. The number of aliphatic hydroxyl groups excluding tert-OH is 1. The fourth-order valence-electron chi connectivity index (χ4n) is 6.12. The second kappa shape index (κ2) is 14.9. The standard InChI is InChI=1S/C35H44F2N2O3/c1-4-13-35(14-5-2)31-20-28(11-10-27(31)12-15-42-35)34(41)39-32(19-26-17-29(36)21-30(37)18-26)33(40)23-38-22-25-9-7-8-24(6-3)16-25/h7-11,16-18,20-21,32-33,38,40H,4-6,12-15,19,22-23H2,1-3H3,(H,39,41). The van der Waals surface area contributed by atoms with Crippen LogP contribution in [0.4, 0.5) is 8.78 Å². The minimum atomic E-state index is -1.00. The molecule has 1 aliphatic heterocycles. The first-order chi connectivity index (χ1) is 20.3. The van der Waals surface area contributed by atoms with Crippen molar-refractivity contribution in [2.24, 2.45) is 0 Å². The number of hydrogen-bond donors (Lipinski definition) is 3. The summed E-state index contributed by atoms with van der Waals surface area (Å²) in [6.45, 7) is 7.77. The van der Waals surface area contributed by atoms with E-state index in [2.05, 4.69) is 43.5 Å². The number of fused-ring (bicyclic) bond motifs is 1. The number of ether oxygens (including phenoxy) is 1. The molecule has 0 aromatic heterocycles. The molecule has 1 aliphatic rings. The molecule has 0 aliphatic carbocycles. The van der Waals surface area contributed by atoms with E-state index in [4.69, 9.17) is 4.74 Å². The van der Waals surface area contributed by atoms with E-state index in [0.717, 1.165) is 55.7 Å². The number of aryl methyl sites for hydroxylation is 1. The van der Waals surface area contributed by atoms with Crippen molar-refractivity contribution in [2.75, 3.05) is 13.2 Å². The molecule has 5 nitrogen and oxygen atoms in total. The number of nitrogens with one attached hydrogen (secondary N) is 2. The number of rotatable bonds is 14. The number of amides is 1. The highest BCUT2D eigenvalue weighted by Gasteiger charge is 2.37. The van der Waals surface area contributed by atoms with Gasteiger partial charge in [0.1, 0.15) is 11.6 Å². The van der Waals surface area contributed by atoms with Gasteiger partial charge in [-0.25, -0.2) is 8.78 Å². The minimum absolute atomic E-state index is 0.0677. The van der Waals surface area contributed by atoms with E-state index in [1.165, 1.54) is 23.3 Å². The molecule has 3 aromatic rings. The lowest BCUT2D eigenvalue weighted by Crippen LogP contribution is -2.48.